The fraction of sp³-hybridized carbons (Fsp3) is 0.333. The molecule has 160 valence electrons. The molecule has 30 heavy (non-hydrogen) atoms. The number of halogens is 4. The molecule has 1 aliphatic heterocycles. The second-order valence-corrected chi connectivity index (χ2v) is 6.06. The Morgan fingerprint density at radius 3 is 2.70 bits per heavy atom. The standard InChI is InChI=1S/C16H16FN5O.C2HF3O2/c17-14-7-11(8-18)1-2-12(14)10-23-15-4-6-20-16(22-15)21-13-3-5-19-9-13;3-2(4,5)1(6)7/h1-2,4,6-7,13,19H,3,5,9-10H2,(H,20,21,22);(H,6,7)/t13-;/m1./s1. The van der Waals surface area contributed by atoms with Crippen LogP contribution in [0.15, 0.2) is 30.5 Å². The predicted octanol–water partition coefficient (Wildman–Crippen LogP) is 2.47. The summed E-state index contributed by atoms with van der Waals surface area (Å²) in [6, 6.07) is 8.12. The van der Waals surface area contributed by atoms with Crippen molar-refractivity contribution >= 4 is 11.9 Å². The number of nitrogens with one attached hydrogen (secondary N) is 2. The molecule has 2 heterocycles. The third-order valence-electron chi connectivity index (χ3n) is 3.82. The molecule has 1 saturated heterocycles. The molecule has 0 spiro atoms. The summed E-state index contributed by atoms with van der Waals surface area (Å²) in [6.07, 6.45) is -2.47. The molecule has 1 aromatic heterocycles. The van der Waals surface area contributed by atoms with E-state index in [9.17, 15) is 17.6 Å². The molecule has 3 N–H and O–H groups in total. The Hall–Kier alpha value is -3.46. The molecule has 0 bridgehead atoms. The van der Waals surface area contributed by atoms with E-state index in [1.807, 2.05) is 6.07 Å². The monoisotopic (exact) mass is 427 g/mol. The van der Waals surface area contributed by atoms with Crippen molar-refractivity contribution in [1.29, 1.82) is 5.26 Å². The molecule has 1 aromatic carbocycles. The van der Waals surface area contributed by atoms with Gasteiger partial charge in [0.15, 0.2) is 0 Å². The number of benzene rings is 1. The van der Waals surface area contributed by atoms with Crippen LogP contribution in [0.25, 0.3) is 0 Å². The Bertz CT molecular complexity index is 911. The van der Waals surface area contributed by atoms with Crippen LogP contribution >= 0.6 is 0 Å². The summed E-state index contributed by atoms with van der Waals surface area (Å²) >= 11 is 0. The van der Waals surface area contributed by atoms with Crippen LogP contribution in [-0.2, 0) is 11.4 Å². The first-order valence-corrected chi connectivity index (χ1v) is 8.60. The number of aliphatic carboxylic acids is 1. The van der Waals surface area contributed by atoms with Gasteiger partial charge in [-0.1, -0.05) is 6.07 Å². The first-order chi connectivity index (χ1) is 14.2. The van der Waals surface area contributed by atoms with Crippen molar-refractivity contribution in [2.24, 2.45) is 0 Å². The Morgan fingerprint density at radius 2 is 2.13 bits per heavy atom. The van der Waals surface area contributed by atoms with Crippen LogP contribution in [-0.4, -0.2) is 46.4 Å². The molecular formula is C18H17F4N5O3. The molecule has 0 unspecified atom stereocenters. The highest BCUT2D eigenvalue weighted by Crippen LogP contribution is 2.16. The van der Waals surface area contributed by atoms with Crippen molar-refractivity contribution in [3.8, 4) is 11.9 Å². The van der Waals surface area contributed by atoms with Gasteiger partial charge in [-0.25, -0.2) is 14.2 Å². The van der Waals surface area contributed by atoms with Gasteiger partial charge in [-0.3, -0.25) is 0 Å². The van der Waals surface area contributed by atoms with Crippen molar-refractivity contribution in [2.75, 3.05) is 18.4 Å². The fourth-order valence-electron chi connectivity index (χ4n) is 2.34. The first-order valence-electron chi connectivity index (χ1n) is 8.60. The summed E-state index contributed by atoms with van der Waals surface area (Å²) in [7, 11) is 0. The predicted molar refractivity (Wildman–Crippen MR) is 96.1 cm³/mol. The second kappa shape index (κ2) is 10.4. The Morgan fingerprint density at radius 1 is 1.40 bits per heavy atom. The fourth-order valence-corrected chi connectivity index (χ4v) is 2.34. The number of ether oxygens (including phenoxy) is 1. The second-order valence-electron chi connectivity index (χ2n) is 6.06. The summed E-state index contributed by atoms with van der Waals surface area (Å²) < 4.78 is 51.1. The normalized spacial score (nSPS) is 15.5. The largest absolute Gasteiger partial charge is 0.490 e. The highest BCUT2D eigenvalue weighted by molar-refractivity contribution is 5.73. The molecule has 1 atom stereocenters. The number of carboxylic acid groups (broad SMARTS) is 1. The highest BCUT2D eigenvalue weighted by atomic mass is 19.4. The lowest BCUT2D eigenvalue weighted by molar-refractivity contribution is -0.192. The highest BCUT2D eigenvalue weighted by Gasteiger charge is 2.38. The van der Waals surface area contributed by atoms with Gasteiger partial charge in [-0.2, -0.15) is 23.4 Å². The topological polar surface area (TPSA) is 120 Å². The number of carboxylic acids is 1. The number of aromatic nitrogens is 2. The van der Waals surface area contributed by atoms with Crippen molar-refractivity contribution in [2.45, 2.75) is 25.2 Å². The molecule has 2 aromatic rings. The maximum atomic E-state index is 13.8. The van der Waals surface area contributed by atoms with Gasteiger partial charge in [0.1, 0.15) is 12.4 Å². The number of anilines is 1. The van der Waals surface area contributed by atoms with Gasteiger partial charge in [0.05, 0.1) is 11.6 Å². The van der Waals surface area contributed by atoms with Crippen LogP contribution < -0.4 is 15.4 Å². The van der Waals surface area contributed by atoms with Crippen molar-refractivity contribution in [1.82, 2.24) is 15.3 Å². The average Bonchev–Trinajstić information content (AvgIpc) is 3.20. The lowest BCUT2D eigenvalue weighted by Crippen LogP contribution is -2.23. The van der Waals surface area contributed by atoms with Gasteiger partial charge in [0.2, 0.25) is 11.8 Å². The van der Waals surface area contributed by atoms with E-state index in [0.29, 0.717) is 23.4 Å². The van der Waals surface area contributed by atoms with Crippen LogP contribution in [0, 0.1) is 17.1 Å². The van der Waals surface area contributed by atoms with Crippen molar-refractivity contribution in [3.63, 3.8) is 0 Å². The van der Waals surface area contributed by atoms with E-state index in [4.69, 9.17) is 19.9 Å². The van der Waals surface area contributed by atoms with Crippen LogP contribution in [0.5, 0.6) is 5.88 Å². The Balaban J connectivity index is 0.000000396. The maximum Gasteiger partial charge on any atom is 0.490 e. The number of nitrogens with zero attached hydrogens (tertiary/aromatic N) is 3. The third-order valence-corrected chi connectivity index (χ3v) is 3.82. The lowest BCUT2D eigenvalue weighted by atomic mass is 10.1. The quantitative estimate of drug-likeness (QED) is 0.623. The van der Waals surface area contributed by atoms with E-state index < -0.39 is 18.0 Å². The smallest absolute Gasteiger partial charge is 0.475 e. The van der Waals surface area contributed by atoms with Crippen molar-refractivity contribution in [3.05, 3.63) is 47.4 Å². The summed E-state index contributed by atoms with van der Waals surface area (Å²) in [6.45, 7) is 1.90. The number of rotatable bonds is 5. The number of carbonyl (C=O) groups is 1. The van der Waals surface area contributed by atoms with Crippen LogP contribution in [0.4, 0.5) is 23.5 Å². The van der Waals surface area contributed by atoms with Gasteiger partial charge < -0.3 is 20.5 Å². The van der Waals surface area contributed by atoms with Gasteiger partial charge >= 0.3 is 12.1 Å². The minimum atomic E-state index is -5.08. The number of hydrogen-bond acceptors (Lipinski definition) is 7. The molecular weight excluding hydrogens is 410 g/mol. The number of hydrogen-bond donors (Lipinski definition) is 3. The molecule has 8 nitrogen and oxygen atoms in total. The van der Waals surface area contributed by atoms with Crippen LogP contribution in [0.1, 0.15) is 17.5 Å². The minimum absolute atomic E-state index is 0.0407. The van der Waals surface area contributed by atoms with E-state index >= 15 is 0 Å². The lowest BCUT2D eigenvalue weighted by Gasteiger charge is -2.12. The molecule has 0 amide bonds. The van der Waals surface area contributed by atoms with Crippen LogP contribution in [0.2, 0.25) is 0 Å². The van der Waals surface area contributed by atoms with E-state index in [1.54, 1.807) is 24.4 Å². The molecule has 0 aliphatic carbocycles. The van der Waals surface area contributed by atoms with Gasteiger partial charge in [-0.05, 0) is 25.1 Å². The molecule has 1 fully saturated rings. The van der Waals surface area contributed by atoms with Gasteiger partial charge in [0, 0.05) is 30.4 Å². The SMILES string of the molecule is N#Cc1ccc(COc2ccnc(N[C@@H]3CCNC3)n2)c(F)c1.O=C(O)C(F)(F)F. The summed E-state index contributed by atoms with van der Waals surface area (Å²) in [5.41, 5.74) is 0.655. The molecule has 3 rings (SSSR count). The molecule has 1 aliphatic rings. The zero-order chi connectivity index (χ0) is 22.1. The zero-order valence-corrected chi connectivity index (χ0v) is 15.4. The third kappa shape index (κ3) is 7.17. The molecule has 0 saturated carbocycles. The summed E-state index contributed by atoms with van der Waals surface area (Å²) in [4.78, 5) is 17.3. The van der Waals surface area contributed by atoms with Crippen molar-refractivity contribution < 1.29 is 32.2 Å². The summed E-state index contributed by atoms with van der Waals surface area (Å²) in [5, 5.41) is 22.3. The molecule has 12 heteroatoms. The first kappa shape index (κ1) is 22.8. The van der Waals surface area contributed by atoms with E-state index in [-0.39, 0.29) is 12.2 Å². The number of alkyl halides is 3. The van der Waals surface area contributed by atoms with Gasteiger partial charge in [-0.15, -0.1) is 0 Å². The number of nitriles is 1. The zero-order valence-electron chi connectivity index (χ0n) is 15.4. The summed E-state index contributed by atoms with van der Waals surface area (Å²) in [5.74, 6) is -2.35. The molecule has 0 radical (unpaired) electrons. The van der Waals surface area contributed by atoms with Crippen LogP contribution in [0.3, 0.4) is 0 Å². The minimum Gasteiger partial charge on any atom is -0.475 e. The van der Waals surface area contributed by atoms with E-state index in [2.05, 4.69) is 20.6 Å². The maximum absolute atomic E-state index is 13.8. The Labute approximate surface area is 168 Å². The van der Waals surface area contributed by atoms with E-state index in [1.165, 1.54) is 6.07 Å². The average molecular weight is 427 g/mol. The van der Waals surface area contributed by atoms with Gasteiger partial charge in [0.25, 0.3) is 0 Å². The van der Waals surface area contributed by atoms with E-state index in [0.717, 1.165) is 19.5 Å². The Kier molecular flexibility index (Phi) is 7.88.